The summed E-state index contributed by atoms with van der Waals surface area (Å²) in [6.45, 7) is 0.627. The molecule has 0 aromatic heterocycles. The quantitative estimate of drug-likeness (QED) is 0.760. The van der Waals surface area contributed by atoms with E-state index in [0.717, 1.165) is 17.7 Å². The van der Waals surface area contributed by atoms with Crippen molar-refractivity contribution in [3.63, 3.8) is 0 Å². The summed E-state index contributed by atoms with van der Waals surface area (Å²) < 4.78 is 0. The van der Waals surface area contributed by atoms with Crippen molar-refractivity contribution in [2.45, 2.75) is 12.5 Å². The van der Waals surface area contributed by atoms with Crippen LogP contribution in [0.4, 0.5) is 5.69 Å². The molecule has 0 aliphatic carbocycles. The summed E-state index contributed by atoms with van der Waals surface area (Å²) in [5, 5.41) is 5.97. The van der Waals surface area contributed by atoms with Gasteiger partial charge in [-0.3, -0.25) is 4.79 Å². The van der Waals surface area contributed by atoms with Crippen molar-refractivity contribution in [3.8, 4) is 0 Å². The molecule has 0 aliphatic heterocycles. The van der Waals surface area contributed by atoms with Gasteiger partial charge in [-0.05, 0) is 43.3 Å². The largest absolute Gasteiger partial charge is 0.330 e. The summed E-state index contributed by atoms with van der Waals surface area (Å²) in [6.07, 6.45) is 0.845. The Labute approximate surface area is 125 Å². The average Bonchev–Trinajstić information content (AvgIpc) is 2.51. The van der Waals surface area contributed by atoms with Crippen LogP contribution in [0.3, 0.4) is 0 Å². The fourth-order valence-electron chi connectivity index (χ4n) is 2.23. The van der Waals surface area contributed by atoms with Crippen LogP contribution in [0, 0.1) is 0 Å². The van der Waals surface area contributed by atoms with Gasteiger partial charge in [0.05, 0.1) is 0 Å². The molecule has 21 heavy (non-hydrogen) atoms. The number of rotatable bonds is 6. The first kappa shape index (κ1) is 15.2. The number of anilines is 1. The second-order valence-corrected chi connectivity index (χ2v) is 4.86. The average molecular weight is 283 g/mol. The number of nitrogens with one attached hydrogen (secondary N) is 2. The summed E-state index contributed by atoms with van der Waals surface area (Å²) >= 11 is 0. The Morgan fingerprint density at radius 1 is 1.10 bits per heavy atom. The van der Waals surface area contributed by atoms with Crippen molar-refractivity contribution < 1.29 is 4.79 Å². The van der Waals surface area contributed by atoms with Crippen LogP contribution in [0.25, 0.3) is 0 Å². The maximum absolute atomic E-state index is 12.4. The second-order valence-electron chi connectivity index (χ2n) is 4.86. The third kappa shape index (κ3) is 4.15. The predicted octanol–water partition coefficient (Wildman–Crippen LogP) is 2.09. The lowest BCUT2D eigenvalue weighted by Crippen LogP contribution is -2.30. The molecule has 0 unspecified atom stereocenters. The number of benzene rings is 2. The molecule has 0 heterocycles. The van der Waals surface area contributed by atoms with E-state index in [2.05, 4.69) is 10.6 Å². The van der Waals surface area contributed by atoms with E-state index < -0.39 is 0 Å². The highest BCUT2D eigenvalue weighted by Crippen LogP contribution is 2.16. The Morgan fingerprint density at radius 2 is 1.76 bits per heavy atom. The molecule has 1 amide bonds. The highest BCUT2D eigenvalue weighted by atomic mass is 16.2. The molecule has 2 rings (SSSR count). The Bertz CT molecular complexity index is 566. The van der Waals surface area contributed by atoms with Crippen LogP contribution in [0.1, 0.15) is 17.2 Å². The molecule has 0 aliphatic rings. The van der Waals surface area contributed by atoms with Gasteiger partial charge in [-0.2, -0.15) is 0 Å². The van der Waals surface area contributed by atoms with Gasteiger partial charge in [0.25, 0.3) is 0 Å². The third-order valence-electron chi connectivity index (χ3n) is 3.34. The van der Waals surface area contributed by atoms with E-state index in [1.54, 1.807) is 7.05 Å². The number of hydrogen-bond donors (Lipinski definition) is 3. The fourth-order valence-corrected chi connectivity index (χ4v) is 2.23. The Morgan fingerprint density at radius 3 is 2.33 bits per heavy atom. The molecule has 1 atom stereocenters. The minimum atomic E-state index is -0.366. The lowest BCUT2D eigenvalue weighted by atomic mass is 10.1. The molecule has 0 saturated heterocycles. The van der Waals surface area contributed by atoms with Crippen molar-refractivity contribution in [2.24, 2.45) is 5.73 Å². The van der Waals surface area contributed by atoms with Gasteiger partial charge in [0.1, 0.15) is 6.04 Å². The normalized spacial score (nSPS) is 11.9. The molecule has 4 heteroatoms. The smallest absolute Gasteiger partial charge is 0.246 e. The van der Waals surface area contributed by atoms with E-state index in [1.807, 2.05) is 54.6 Å². The van der Waals surface area contributed by atoms with E-state index in [9.17, 15) is 4.79 Å². The third-order valence-corrected chi connectivity index (χ3v) is 3.34. The van der Waals surface area contributed by atoms with Crippen LogP contribution in [-0.2, 0) is 11.2 Å². The molecular formula is C17H21N3O. The molecule has 0 bridgehead atoms. The Kier molecular flexibility index (Phi) is 5.49. The SMILES string of the molecule is CN[C@@H](C(=O)Nc1ccc(CCN)cc1)c1ccccc1. The number of carbonyl (C=O) groups excluding carboxylic acids is 1. The van der Waals surface area contributed by atoms with Gasteiger partial charge in [-0.25, -0.2) is 0 Å². The first-order chi connectivity index (χ1) is 10.2. The van der Waals surface area contributed by atoms with Gasteiger partial charge < -0.3 is 16.4 Å². The zero-order valence-corrected chi connectivity index (χ0v) is 12.2. The zero-order chi connectivity index (χ0) is 15.1. The number of likely N-dealkylation sites (N-methyl/N-ethyl adjacent to an activating group) is 1. The lowest BCUT2D eigenvalue weighted by Gasteiger charge is -2.16. The molecule has 4 N–H and O–H groups in total. The maximum Gasteiger partial charge on any atom is 0.246 e. The molecule has 0 saturated carbocycles. The summed E-state index contributed by atoms with van der Waals surface area (Å²) in [7, 11) is 1.78. The van der Waals surface area contributed by atoms with Crippen LogP contribution in [0.5, 0.6) is 0 Å². The molecule has 2 aromatic rings. The zero-order valence-electron chi connectivity index (χ0n) is 12.2. The minimum Gasteiger partial charge on any atom is -0.330 e. The van der Waals surface area contributed by atoms with Crippen LogP contribution in [0.15, 0.2) is 54.6 Å². The molecule has 0 fully saturated rings. The van der Waals surface area contributed by atoms with Crippen LogP contribution in [0.2, 0.25) is 0 Å². The van der Waals surface area contributed by atoms with Crippen molar-refractivity contribution in [2.75, 3.05) is 18.9 Å². The van der Waals surface area contributed by atoms with E-state index in [-0.39, 0.29) is 11.9 Å². The maximum atomic E-state index is 12.4. The van der Waals surface area contributed by atoms with Crippen molar-refractivity contribution in [1.82, 2.24) is 5.32 Å². The number of carbonyl (C=O) groups is 1. The molecular weight excluding hydrogens is 262 g/mol. The summed E-state index contributed by atoms with van der Waals surface area (Å²) in [5.41, 5.74) is 8.42. The summed E-state index contributed by atoms with van der Waals surface area (Å²) in [5.74, 6) is -0.0738. The summed E-state index contributed by atoms with van der Waals surface area (Å²) in [4.78, 5) is 12.4. The van der Waals surface area contributed by atoms with E-state index in [1.165, 1.54) is 5.56 Å². The van der Waals surface area contributed by atoms with Gasteiger partial charge >= 0.3 is 0 Å². The lowest BCUT2D eigenvalue weighted by molar-refractivity contribution is -0.118. The van der Waals surface area contributed by atoms with Crippen molar-refractivity contribution in [3.05, 3.63) is 65.7 Å². The van der Waals surface area contributed by atoms with Crippen LogP contribution in [-0.4, -0.2) is 19.5 Å². The molecule has 4 nitrogen and oxygen atoms in total. The van der Waals surface area contributed by atoms with Gasteiger partial charge in [0.2, 0.25) is 5.91 Å². The van der Waals surface area contributed by atoms with Crippen molar-refractivity contribution in [1.29, 1.82) is 0 Å². The highest BCUT2D eigenvalue weighted by Gasteiger charge is 2.18. The van der Waals surface area contributed by atoms with Crippen molar-refractivity contribution >= 4 is 11.6 Å². The fraction of sp³-hybridized carbons (Fsp3) is 0.235. The second kappa shape index (κ2) is 7.57. The first-order valence-corrected chi connectivity index (χ1v) is 7.06. The van der Waals surface area contributed by atoms with E-state index in [4.69, 9.17) is 5.73 Å². The summed E-state index contributed by atoms with van der Waals surface area (Å²) in [6, 6.07) is 17.1. The highest BCUT2D eigenvalue weighted by molar-refractivity contribution is 5.95. The molecule has 2 aromatic carbocycles. The molecule has 110 valence electrons. The van der Waals surface area contributed by atoms with Crippen LogP contribution < -0.4 is 16.4 Å². The first-order valence-electron chi connectivity index (χ1n) is 7.06. The number of nitrogens with two attached hydrogens (primary N) is 1. The molecule has 0 radical (unpaired) electrons. The topological polar surface area (TPSA) is 67.2 Å². The van der Waals surface area contributed by atoms with Gasteiger partial charge in [-0.1, -0.05) is 42.5 Å². The Hall–Kier alpha value is -2.17. The number of hydrogen-bond acceptors (Lipinski definition) is 3. The number of amides is 1. The van der Waals surface area contributed by atoms with E-state index in [0.29, 0.717) is 6.54 Å². The van der Waals surface area contributed by atoms with E-state index >= 15 is 0 Å². The molecule has 0 spiro atoms. The van der Waals surface area contributed by atoms with Gasteiger partial charge in [0, 0.05) is 5.69 Å². The standard InChI is InChI=1S/C17H21N3O/c1-19-16(14-5-3-2-4-6-14)17(21)20-15-9-7-13(8-10-15)11-12-18/h2-10,16,19H,11-12,18H2,1H3,(H,20,21)/t16-/m1/s1. The monoisotopic (exact) mass is 283 g/mol. The van der Waals surface area contributed by atoms with Gasteiger partial charge in [-0.15, -0.1) is 0 Å². The van der Waals surface area contributed by atoms with Crippen LogP contribution >= 0.6 is 0 Å². The Balaban J connectivity index is 2.05. The van der Waals surface area contributed by atoms with Gasteiger partial charge in [0.15, 0.2) is 0 Å². The minimum absolute atomic E-state index is 0.0738. The predicted molar refractivity (Wildman–Crippen MR) is 86.1 cm³/mol.